The highest BCUT2D eigenvalue weighted by Gasteiger charge is 2.39. The van der Waals surface area contributed by atoms with Gasteiger partial charge in [-0.1, -0.05) is 62.7 Å². The summed E-state index contributed by atoms with van der Waals surface area (Å²) in [4.78, 5) is 27.2. The standard InChI is InChI=1S/C32H38FN3O7S/c1-3-22(2)18-35(44(41,42)27-15-9-24(21-37)10-16-27)19-29(38)28(17-23-7-5-4-6-8-23)34-31(39)30-20-36(32(40)43-30)26-13-11-25(33)12-14-26/h4-16,22,28-30,37-38H,3,17-21H2,1-2H3,(H,34,39)/t22-,28-,29+,30-/m0/s1. The third kappa shape index (κ3) is 8.20. The summed E-state index contributed by atoms with van der Waals surface area (Å²) in [6.45, 7) is 3.33. The average Bonchev–Trinajstić information content (AvgIpc) is 3.42. The van der Waals surface area contributed by atoms with E-state index in [1.165, 1.54) is 57.7 Å². The van der Waals surface area contributed by atoms with Crippen molar-refractivity contribution in [1.82, 2.24) is 9.62 Å². The van der Waals surface area contributed by atoms with E-state index in [-0.39, 0.29) is 43.5 Å². The monoisotopic (exact) mass is 627 g/mol. The zero-order valence-electron chi connectivity index (χ0n) is 24.7. The first-order valence-corrected chi connectivity index (χ1v) is 15.9. The summed E-state index contributed by atoms with van der Waals surface area (Å²) < 4.78 is 47.4. The SMILES string of the molecule is CC[C@H](C)CN(C[C@@H](O)[C@H](Cc1ccccc1)NC(=O)[C@@H]1CN(c2ccc(F)cc2)C(=O)O1)S(=O)(=O)c1ccc(CO)cc1. The summed E-state index contributed by atoms with van der Waals surface area (Å²) >= 11 is 0. The van der Waals surface area contributed by atoms with Crippen molar-refractivity contribution in [2.24, 2.45) is 5.92 Å². The topological polar surface area (TPSA) is 136 Å². The number of anilines is 1. The van der Waals surface area contributed by atoms with Crippen molar-refractivity contribution in [2.75, 3.05) is 24.5 Å². The van der Waals surface area contributed by atoms with Crippen LogP contribution >= 0.6 is 0 Å². The van der Waals surface area contributed by atoms with Gasteiger partial charge in [-0.25, -0.2) is 17.6 Å². The molecule has 10 nitrogen and oxygen atoms in total. The molecule has 236 valence electrons. The molecule has 0 saturated carbocycles. The van der Waals surface area contributed by atoms with E-state index >= 15 is 0 Å². The summed E-state index contributed by atoms with van der Waals surface area (Å²) in [7, 11) is -4.05. The number of nitrogens with one attached hydrogen (secondary N) is 1. The van der Waals surface area contributed by atoms with Crippen molar-refractivity contribution in [1.29, 1.82) is 0 Å². The first kappa shape index (κ1) is 33.1. The van der Waals surface area contributed by atoms with Gasteiger partial charge in [0, 0.05) is 18.8 Å². The van der Waals surface area contributed by atoms with Gasteiger partial charge >= 0.3 is 6.09 Å². The van der Waals surface area contributed by atoms with Crippen LogP contribution in [0.5, 0.6) is 0 Å². The highest BCUT2D eigenvalue weighted by molar-refractivity contribution is 7.89. The maximum absolute atomic E-state index is 13.7. The Morgan fingerprint density at radius 2 is 1.70 bits per heavy atom. The molecule has 0 aromatic heterocycles. The second-order valence-electron chi connectivity index (χ2n) is 11.0. The molecule has 1 saturated heterocycles. The molecule has 1 heterocycles. The van der Waals surface area contributed by atoms with Gasteiger partial charge in [0.1, 0.15) is 5.82 Å². The molecule has 4 rings (SSSR count). The summed E-state index contributed by atoms with van der Waals surface area (Å²) in [5.74, 6) is -1.15. The van der Waals surface area contributed by atoms with Gasteiger partial charge in [-0.15, -0.1) is 0 Å². The van der Waals surface area contributed by atoms with Crippen LogP contribution < -0.4 is 10.2 Å². The Bertz CT molecular complexity index is 1510. The molecule has 4 atom stereocenters. The molecular formula is C32H38FN3O7S. The Hall–Kier alpha value is -3.84. The number of ether oxygens (including phenoxy) is 1. The van der Waals surface area contributed by atoms with E-state index in [1.807, 2.05) is 44.2 Å². The predicted octanol–water partition coefficient (Wildman–Crippen LogP) is 3.47. The zero-order valence-corrected chi connectivity index (χ0v) is 25.5. The van der Waals surface area contributed by atoms with Gasteiger partial charge in [0.25, 0.3) is 5.91 Å². The fourth-order valence-corrected chi connectivity index (χ4v) is 6.44. The van der Waals surface area contributed by atoms with Crippen LogP contribution in [0.1, 0.15) is 31.4 Å². The van der Waals surface area contributed by atoms with Crippen LogP contribution in [0.25, 0.3) is 0 Å². The fraction of sp³-hybridized carbons (Fsp3) is 0.375. The Balaban J connectivity index is 1.55. The number of halogens is 1. The molecule has 0 radical (unpaired) electrons. The highest BCUT2D eigenvalue weighted by Crippen LogP contribution is 2.23. The maximum atomic E-state index is 13.7. The Labute approximate surface area is 257 Å². The smallest absolute Gasteiger partial charge is 0.415 e. The van der Waals surface area contributed by atoms with Crippen molar-refractivity contribution in [3.05, 3.63) is 95.8 Å². The minimum absolute atomic E-state index is 0.0209. The van der Waals surface area contributed by atoms with Crippen molar-refractivity contribution in [3.63, 3.8) is 0 Å². The molecule has 0 aliphatic carbocycles. The Kier molecular flexibility index (Phi) is 11.1. The summed E-state index contributed by atoms with van der Waals surface area (Å²) in [6, 6.07) is 19.3. The van der Waals surface area contributed by atoms with E-state index in [1.54, 1.807) is 0 Å². The number of aliphatic hydroxyl groups is 2. The van der Waals surface area contributed by atoms with Crippen molar-refractivity contribution < 1.29 is 37.3 Å². The van der Waals surface area contributed by atoms with Crippen molar-refractivity contribution in [2.45, 2.75) is 56.4 Å². The van der Waals surface area contributed by atoms with Gasteiger partial charge < -0.3 is 20.3 Å². The van der Waals surface area contributed by atoms with Crippen LogP contribution in [0, 0.1) is 11.7 Å². The summed E-state index contributed by atoms with van der Waals surface area (Å²) in [5.41, 5.74) is 1.73. The average molecular weight is 628 g/mol. The van der Waals surface area contributed by atoms with Gasteiger partial charge in [-0.3, -0.25) is 9.69 Å². The second kappa shape index (κ2) is 14.8. The number of sulfonamides is 1. The number of rotatable bonds is 14. The van der Waals surface area contributed by atoms with E-state index in [9.17, 15) is 32.6 Å². The second-order valence-corrected chi connectivity index (χ2v) is 12.9. The molecule has 12 heteroatoms. The van der Waals surface area contributed by atoms with Crippen LogP contribution in [0.2, 0.25) is 0 Å². The number of carbonyl (C=O) groups excluding carboxylic acids is 2. The van der Waals surface area contributed by atoms with E-state index < -0.39 is 46.1 Å². The number of cyclic esters (lactones) is 1. The molecule has 0 spiro atoms. The molecule has 3 aromatic rings. The van der Waals surface area contributed by atoms with Gasteiger partial charge in [0.05, 0.1) is 30.2 Å². The van der Waals surface area contributed by atoms with Crippen LogP contribution in [0.4, 0.5) is 14.9 Å². The van der Waals surface area contributed by atoms with E-state index in [4.69, 9.17) is 4.74 Å². The number of carbonyl (C=O) groups is 2. The van der Waals surface area contributed by atoms with Crippen LogP contribution in [0.15, 0.2) is 83.8 Å². The number of hydrogen-bond donors (Lipinski definition) is 3. The van der Waals surface area contributed by atoms with Gasteiger partial charge in [-0.2, -0.15) is 4.31 Å². The van der Waals surface area contributed by atoms with Crippen LogP contribution in [-0.4, -0.2) is 72.8 Å². The number of hydrogen-bond acceptors (Lipinski definition) is 7. The summed E-state index contributed by atoms with van der Waals surface area (Å²) in [6.07, 6.45) is -2.43. The first-order valence-electron chi connectivity index (χ1n) is 14.5. The highest BCUT2D eigenvalue weighted by atomic mass is 32.2. The number of aliphatic hydroxyl groups excluding tert-OH is 2. The lowest BCUT2D eigenvalue weighted by Crippen LogP contribution is -2.53. The maximum Gasteiger partial charge on any atom is 0.415 e. The molecule has 0 bridgehead atoms. The first-order chi connectivity index (χ1) is 21.0. The molecule has 3 aromatic carbocycles. The third-order valence-electron chi connectivity index (χ3n) is 7.68. The molecular weight excluding hydrogens is 589 g/mol. The molecule has 1 fully saturated rings. The zero-order chi connectivity index (χ0) is 31.9. The third-order valence-corrected chi connectivity index (χ3v) is 9.53. The van der Waals surface area contributed by atoms with E-state index in [2.05, 4.69) is 5.32 Å². The largest absolute Gasteiger partial charge is 0.434 e. The molecule has 2 amide bonds. The lowest BCUT2D eigenvalue weighted by atomic mass is 10.0. The van der Waals surface area contributed by atoms with Crippen molar-refractivity contribution >= 4 is 27.7 Å². The fourth-order valence-electron chi connectivity index (χ4n) is 4.86. The van der Waals surface area contributed by atoms with Crippen LogP contribution in [-0.2, 0) is 32.6 Å². The molecule has 1 aliphatic heterocycles. The van der Waals surface area contributed by atoms with Gasteiger partial charge in [-0.05, 0) is 59.9 Å². The summed E-state index contributed by atoms with van der Waals surface area (Å²) in [5, 5.41) is 23.7. The number of nitrogens with zero attached hydrogens (tertiary/aromatic N) is 2. The normalized spacial score (nSPS) is 17.3. The van der Waals surface area contributed by atoms with E-state index in [0.717, 1.165) is 5.56 Å². The minimum Gasteiger partial charge on any atom is -0.434 e. The molecule has 3 N–H and O–H groups in total. The number of benzene rings is 3. The predicted molar refractivity (Wildman–Crippen MR) is 163 cm³/mol. The number of amides is 2. The van der Waals surface area contributed by atoms with Crippen molar-refractivity contribution in [3.8, 4) is 0 Å². The molecule has 0 unspecified atom stereocenters. The quantitative estimate of drug-likeness (QED) is 0.249. The molecule has 1 aliphatic rings. The molecule has 44 heavy (non-hydrogen) atoms. The van der Waals surface area contributed by atoms with E-state index in [0.29, 0.717) is 17.7 Å². The lowest BCUT2D eigenvalue weighted by molar-refractivity contribution is -0.129. The van der Waals surface area contributed by atoms with Gasteiger partial charge in [0.2, 0.25) is 10.0 Å². The van der Waals surface area contributed by atoms with Gasteiger partial charge in [0.15, 0.2) is 6.10 Å². The van der Waals surface area contributed by atoms with Crippen LogP contribution in [0.3, 0.4) is 0 Å². The Morgan fingerprint density at radius 1 is 1.05 bits per heavy atom. The minimum atomic E-state index is -4.05. The lowest BCUT2D eigenvalue weighted by Gasteiger charge is -2.31. The Morgan fingerprint density at radius 3 is 2.32 bits per heavy atom.